The number of carbonyl (C=O) groups is 3. The van der Waals surface area contributed by atoms with Gasteiger partial charge in [0.1, 0.15) is 6.61 Å². The predicted octanol–water partition coefficient (Wildman–Crippen LogP) is 5.09. The van der Waals surface area contributed by atoms with Gasteiger partial charge in [-0.05, 0) is 41.5 Å². The molecule has 1 atom stereocenters. The summed E-state index contributed by atoms with van der Waals surface area (Å²) in [5, 5.41) is 14.9. The van der Waals surface area contributed by atoms with Crippen molar-refractivity contribution in [3.63, 3.8) is 0 Å². The van der Waals surface area contributed by atoms with Crippen molar-refractivity contribution in [1.29, 1.82) is 0 Å². The molecular weight excluding hydrogens is 444 g/mol. The minimum Gasteiger partial charge on any atom is -0.481 e. The van der Waals surface area contributed by atoms with Gasteiger partial charge in [-0.15, -0.1) is 0 Å². The fourth-order valence-corrected chi connectivity index (χ4v) is 4.92. The average molecular weight is 481 g/mol. The molecule has 188 valence electrons. The van der Waals surface area contributed by atoms with Crippen molar-refractivity contribution in [1.82, 2.24) is 10.6 Å². The Hall–Kier alpha value is -3.35. The molecule has 0 spiro atoms. The number of rotatable bonds is 12. The van der Waals surface area contributed by atoms with Gasteiger partial charge >= 0.3 is 12.1 Å². The Kier molecular flexibility index (Phi) is 8.90. The van der Waals surface area contributed by atoms with Gasteiger partial charge in [0.2, 0.25) is 5.91 Å². The summed E-state index contributed by atoms with van der Waals surface area (Å²) in [5.41, 5.74) is 3.76. The molecule has 0 saturated heterocycles. The van der Waals surface area contributed by atoms with Gasteiger partial charge in [-0.3, -0.25) is 9.59 Å². The second kappa shape index (κ2) is 11.9. The quantitative estimate of drug-likeness (QED) is 0.392. The predicted molar refractivity (Wildman–Crippen MR) is 135 cm³/mol. The molecule has 0 radical (unpaired) electrons. The van der Waals surface area contributed by atoms with E-state index >= 15 is 0 Å². The number of benzene rings is 2. The van der Waals surface area contributed by atoms with Gasteiger partial charge in [0.15, 0.2) is 0 Å². The molecule has 0 aromatic heterocycles. The first-order chi connectivity index (χ1) is 16.8. The van der Waals surface area contributed by atoms with Gasteiger partial charge in [0.25, 0.3) is 0 Å². The standard InChI is InChI=1S/C28H36N2O5/c1-4-11-19(16-25(31)32)30-26(33)28(5-2,6-3)18-29-27(34)35-17-24-22-14-9-7-12-20(22)21-13-8-10-15-23(21)24/h7-10,12-15,19,24H,4-6,11,16-18H2,1-3H3,(H,29,34)(H,30,33)(H,31,32). The lowest BCUT2D eigenvalue weighted by Crippen LogP contribution is -2.51. The van der Waals surface area contributed by atoms with Crippen LogP contribution in [0.5, 0.6) is 0 Å². The number of aliphatic carboxylic acids is 1. The van der Waals surface area contributed by atoms with Gasteiger partial charge < -0.3 is 20.5 Å². The lowest BCUT2D eigenvalue weighted by Gasteiger charge is -2.32. The van der Waals surface area contributed by atoms with E-state index in [4.69, 9.17) is 9.84 Å². The van der Waals surface area contributed by atoms with E-state index < -0.39 is 23.5 Å². The molecule has 1 unspecified atom stereocenters. The van der Waals surface area contributed by atoms with Gasteiger partial charge in [-0.25, -0.2) is 4.79 Å². The number of carboxylic acid groups (broad SMARTS) is 1. The molecule has 2 aromatic rings. The number of fused-ring (bicyclic) bond motifs is 3. The van der Waals surface area contributed by atoms with Crippen molar-refractivity contribution < 1.29 is 24.2 Å². The van der Waals surface area contributed by atoms with Crippen LogP contribution in [0.3, 0.4) is 0 Å². The molecule has 3 N–H and O–H groups in total. The van der Waals surface area contributed by atoms with Crippen LogP contribution in [-0.4, -0.2) is 42.3 Å². The van der Waals surface area contributed by atoms with Crippen LogP contribution in [0.25, 0.3) is 11.1 Å². The highest BCUT2D eigenvalue weighted by atomic mass is 16.5. The summed E-state index contributed by atoms with van der Waals surface area (Å²) in [6.45, 7) is 6.07. The fraction of sp³-hybridized carbons (Fsp3) is 0.464. The molecule has 1 aliphatic carbocycles. The molecule has 0 aliphatic heterocycles. The highest BCUT2D eigenvalue weighted by molar-refractivity contribution is 5.84. The van der Waals surface area contributed by atoms with E-state index in [1.165, 1.54) is 0 Å². The van der Waals surface area contributed by atoms with Crippen LogP contribution in [-0.2, 0) is 14.3 Å². The molecule has 0 fully saturated rings. The van der Waals surface area contributed by atoms with Crippen LogP contribution >= 0.6 is 0 Å². The Morgan fingerprint density at radius 3 is 2.06 bits per heavy atom. The van der Waals surface area contributed by atoms with Crippen molar-refractivity contribution >= 4 is 18.0 Å². The number of hydrogen-bond donors (Lipinski definition) is 3. The van der Waals surface area contributed by atoms with Crippen molar-refractivity contribution in [2.45, 2.75) is 64.8 Å². The number of hydrogen-bond acceptors (Lipinski definition) is 4. The molecule has 2 aromatic carbocycles. The molecule has 0 heterocycles. The summed E-state index contributed by atoms with van der Waals surface area (Å²) < 4.78 is 5.62. The third-order valence-corrected chi connectivity index (χ3v) is 7.14. The zero-order valence-corrected chi connectivity index (χ0v) is 20.8. The normalized spacial score (nSPS) is 13.5. The minimum atomic E-state index is -0.945. The van der Waals surface area contributed by atoms with Crippen LogP contribution in [0.4, 0.5) is 4.79 Å². The van der Waals surface area contributed by atoms with Crippen LogP contribution in [0, 0.1) is 5.41 Å². The summed E-state index contributed by atoms with van der Waals surface area (Å²) in [7, 11) is 0. The van der Waals surface area contributed by atoms with Gasteiger partial charge in [0.05, 0.1) is 11.8 Å². The number of carbonyl (C=O) groups excluding carboxylic acids is 2. The van der Waals surface area contributed by atoms with E-state index in [1.807, 2.05) is 45.0 Å². The van der Waals surface area contributed by atoms with Crippen molar-refractivity contribution in [2.24, 2.45) is 5.41 Å². The first kappa shape index (κ1) is 26.3. The average Bonchev–Trinajstić information content (AvgIpc) is 3.17. The highest BCUT2D eigenvalue weighted by Gasteiger charge is 2.37. The summed E-state index contributed by atoms with van der Waals surface area (Å²) in [6, 6.07) is 15.9. The minimum absolute atomic E-state index is 0.0376. The zero-order chi connectivity index (χ0) is 25.4. The Morgan fingerprint density at radius 2 is 1.54 bits per heavy atom. The van der Waals surface area contributed by atoms with Crippen LogP contribution < -0.4 is 10.6 Å². The Morgan fingerprint density at radius 1 is 0.971 bits per heavy atom. The van der Waals surface area contributed by atoms with Crippen molar-refractivity contribution in [3.8, 4) is 11.1 Å². The second-order valence-electron chi connectivity index (χ2n) is 9.22. The van der Waals surface area contributed by atoms with E-state index in [0.717, 1.165) is 28.7 Å². The number of alkyl carbamates (subject to hydrolysis) is 1. The van der Waals surface area contributed by atoms with Crippen molar-refractivity contribution in [3.05, 3.63) is 59.7 Å². The SMILES string of the molecule is CCCC(CC(=O)O)NC(=O)C(CC)(CC)CNC(=O)OCC1c2ccccc2-c2ccccc21. The molecule has 3 rings (SSSR count). The Labute approximate surface area is 207 Å². The van der Waals surface area contributed by atoms with Crippen LogP contribution in [0.2, 0.25) is 0 Å². The third kappa shape index (κ3) is 6.02. The van der Waals surface area contributed by atoms with Gasteiger partial charge in [0, 0.05) is 18.5 Å². The number of nitrogens with one attached hydrogen (secondary N) is 2. The summed E-state index contributed by atoms with van der Waals surface area (Å²) in [6.07, 6.45) is 1.67. The van der Waals surface area contributed by atoms with E-state index in [1.54, 1.807) is 0 Å². The first-order valence-electron chi connectivity index (χ1n) is 12.5. The topological polar surface area (TPSA) is 105 Å². The van der Waals surface area contributed by atoms with Crippen LogP contribution in [0.15, 0.2) is 48.5 Å². The monoisotopic (exact) mass is 480 g/mol. The largest absolute Gasteiger partial charge is 0.481 e. The molecular formula is C28H36N2O5. The van der Waals surface area contributed by atoms with Crippen molar-refractivity contribution in [2.75, 3.05) is 13.2 Å². The molecule has 7 nitrogen and oxygen atoms in total. The molecule has 0 saturated carbocycles. The molecule has 7 heteroatoms. The lowest BCUT2D eigenvalue weighted by molar-refractivity contribution is -0.138. The number of ether oxygens (including phenoxy) is 1. The molecule has 0 bridgehead atoms. The first-order valence-corrected chi connectivity index (χ1v) is 12.5. The summed E-state index contributed by atoms with van der Waals surface area (Å²) in [4.78, 5) is 37.0. The lowest BCUT2D eigenvalue weighted by atomic mass is 9.80. The Balaban J connectivity index is 1.62. The van der Waals surface area contributed by atoms with E-state index in [0.29, 0.717) is 19.3 Å². The van der Waals surface area contributed by atoms with E-state index in [2.05, 4.69) is 34.9 Å². The summed E-state index contributed by atoms with van der Waals surface area (Å²) >= 11 is 0. The van der Waals surface area contributed by atoms with E-state index in [9.17, 15) is 14.4 Å². The third-order valence-electron chi connectivity index (χ3n) is 7.14. The number of carboxylic acids is 1. The van der Waals surface area contributed by atoms with Crippen LogP contribution in [0.1, 0.15) is 69.9 Å². The summed E-state index contributed by atoms with van der Waals surface area (Å²) in [5.74, 6) is -1.22. The van der Waals surface area contributed by atoms with Gasteiger partial charge in [-0.2, -0.15) is 0 Å². The highest BCUT2D eigenvalue weighted by Crippen LogP contribution is 2.44. The second-order valence-corrected chi connectivity index (χ2v) is 9.22. The van der Waals surface area contributed by atoms with Gasteiger partial charge in [-0.1, -0.05) is 75.7 Å². The molecule has 35 heavy (non-hydrogen) atoms. The molecule has 2 amide bonds. The maximum Gasteiger partial charge on any atom is 0.407 e. The number of amides is 2. The zero-order valence-electron chi connectivity index (χ0n) is 20.8. The Bertz CT molecular complexity index is 1000. The fourth-order valence-electron chi connectivity index (χ4n) is 4.92. The molecule has 1 aliphatic rings. The van der Waals surface area contributed by atoms with E-state index in [-0.39, 0.29) is 31.4 Å². The maximum atomic E-state index is 13.2. The maximum absolute atomic E-state index is 13.2. The smallest absolute Gasteiger partial charge is 0.407 e.